The predicted octanol–water partition coefficient (Wildman–Crippen LogP) is 7.03. The van der Waals surface area contributed by atoms with Crippen molar-refractivity contribution in [1.29, 1.82) is 0 Å². The zero-order chi connectivity index (χ0) is 29.0. The summed E-state index contributed by atoms with van der Waals surface area (Å²) < 4.78 is 34.2. The fourth-order valence-corrected chi connectivity index (χ4v) is 6.06. The minimum Gasteiger partial charge on any atom is -0.495 e. The van der Waals surface area contributed by atoms with Gasteiger partial charge in [0.1, 0.15) is 17.2 Å². The van der Waals surface area contributed by atoms with Crippen LogP contribution in [0.4, 0.5) is 11.4 Å². The van der Waals surface area contributed by atoms with E-state index in [9.17, 15) is 18.0 Å². The normalized spacial score (nSPS) is 11.1. The zero-order valence-electron chi connectivity index (χ0n) is 21.3. The Morgan fingerprint density at radius 1 is 0.875 bits per heavy atom. The minimum atomic E-state index is -4.35. The Balaban J connectivity index is 1.74. The van der Waals surface area contributed by atoms with Gasteiger partial charge in [-0.1, -0.05) is 71.2 Å². The average Bonchev–Trinajstić information content (AvgIpc) is 2.94. The molecule has 0 atom stereocenters. The van der Waals surface area contributed by atoms with Crippen molar-refractivity contribution in [2.24, 2.45) is 0 Å². The molecule has 0 aromatic heterocycles. The van der Waals surface area contributed by atoms with E-state index in [2.05, 4.69) is 5.32 Å². The van der Waals surface area contributed by atoms with Crippen LogP contribution in [0, 0.1) is 6.92 Å². The summed E-state index contributed by atoms with van der Waals surface area (Å²) in [5, 5.41) is 3.27. The predicted molar refractivity (Wildman–Crippen MR) is 159 cm³/mol. The van der Waals surface area contributed by atoms with Crippen LogP contribution in [0.5, 0.6) is 5.75 Å². The van der Waals surface area contributed by atoms with E-state index in [4.69, 9.17) is 39.5 Å². The van der Waals surface area contributed by atoms with Gasteiger partial charge in [0.2, 0.25) is 5.91 Å². The van der Waals surface area contributed by atoms with Gasteiger partial charge < -0.3 is 10.1 Å². The number of nitrogens with one attached hydrogen (secondary N) is 1. The number of sulfonamides is 1. The topological polar surface area (TPSA) is 92.8 Å². The number of methoxy groups -OCH3 is 1. The lowest BCUT2D eigenvalue weighted by molar-refractivity contribution is -0.114. The van der Waals surface area contributed by atoms with Gasteiger partial charge in [0, 0.05) is 16.1 Å². The highest BCUT2D eigenvalue weighted by Gasteiger charge is 2.31. The molecule has 0 aliphatic rings. The maximum absolute atomic E-state index is 14.0. The Hall–Kier alpha value is -3.56. The van der Waals surface area contributed by atoms with E-state index >= 15 is 0 Å². The molecule has 7 nitrogen and oxygen atoms in total. The van der Waals surface area contributed by atoms with Crippen molar-refractivity contribution < 1.29 is 22.7 Å². The first-order valence-electron chi connectivity index (χ1n) is 11.8. The number of halogens is 3. The van der Waals surface area contributed by atoms with Gasteiger partial charge in [0.25, 0.3) is 10.0 Å². The summed E-state index contributed by atoms with van der Waals surface area (Å²) in [4.78, 5) is 26.5. The van der Waals surface area contributed by atoms with Crippen molar-refractivity contribution in [1.82, 2.24) is 0 Å². The van der Waals surface area contributed by atoms with Crippen LogP contribution >= 0.6 is 34.8 Å². The van der Waals surface area contributed by atoms with Gasteiger partial charge in [-0.15, -0.1) is 0 Å². The Bertz CT molecular complexity index is 1700. The molecule has 0 heterocycles. The monoisotopic (exact) mass is 616 g/mol. The number of hydrogen-bond donors (Lipinski definition) is 1. The first-order valence-corrected chi connectivity index (χ1v) is 14.4. The highest BCUT2D eigenvalue weighted by Crippen LogP contribution is 2.34. The average molecular weight is 618 g/mol. The molecule has 1 amide bonds. The Morgan fingerprint density at radius 3 is 2.27 bits per heavy atom. The van der Waals surface area contributed by atoms with Crippen molar-refractivity contribution in [2.75, 3.05) is 23.3 Å². The van der Waals surface area contributed by atoms with E-state index in [0.717, 1.165) is 4.31 Å². The number of amides is 1. The van der Waals surface area contributed by atoms with E-state index in [-0.39, 0.29) is 43.4 Å². The third-order valence-electron chi connectivity index (χ3n) is 5.90. The SMILES string of the molecule is COc1ccc(C)cc1S(=O)(=O)N(CC(=O)Nc1ccc(Cl)cc1C(=O)c1ccccc1)c1ccc(Cl)c(Cl)c1. The number of hydrogen-bond acceptors (Lipinski definition) is 5. The molecule has 0 saturated heterocycles. The summed E-state index contributed by atoms with van der Waals surface area (Å²) in [6.07, 6.45) is 0. The molecule has 0 spiro atoms. The Kier molecular flexibility index (Phi) is 9.05. The van der Waals surface area contributed by atoms with Gasteiger partial charge >= 0.3 is 0 Å². The Labute approximate surface area is 247 Å². The number of ether oxygens (including phenoxy) is 1. The maximum atomic E-state index is 14.0. The molecule has 0 fully saturated rings. The zero-order valence-corrected chi connectivity index (χ0v) is 24.4. The first kappa shape index (κ1) is 29.4. The summed E-state index contributed by atoms with van der Waals surface area (Å²) in [5.74, 6) is -0.980. The molecular weight excluding hydrogens is 595 g/mol. The molecule has 0 unspecified atom stereocenters. The van der Waals surface area contributed by atoms with E-state index in [1.807, 2.05) is 0 Å². The third kappa shape index (κ3) is 6.42. The number of aryl methyl sites for hydroxylation is 1. The second-order valence-corrected chi connectivity index (χ2v) is 11.8. The lowest BCUT2D eigenvalue weighted by Gasteiger charge is -2.25. The van der Waals surface area contributed by atoms with Gasteiger partial charge in [0.05, 0.1) is 28.5 Å². The lowest BCUT2D eigenvalue weighted by Crippen LogP contribution is -2.38. The van der Waals surface area contributed by atoms with Crippen LogP contribution in [0.2, 0.25) is 15.1 Å². The molecular formula is C29H23Cl3N2O5S. The maximum Gasteiger partial charge on any atom is 0.268 e. The van der Waals surface area contributed by atoms with E-state index in [1.165, 1.54) is 55.6 Å². The summed E-state index contributed by atoms with van der Waals surface area (Å²) in [5.41, 5.74) is 1.49. The van der Waals surface area contributed by atoms with E-state index in [1.54, 1.807) is 43.3 Å². The van der Waals surface area contributed by atoms with Crippen LogP contribution in [0.25, 0.3) is 0 Å². The van der Waals surface area contributed by atoms with Gasteiger partial charge in [-0.05, 0) is 61.0 Å². The second kappa shape index (κ2) is 12.3. The summed E-state index contributed by atoms with van der Waals surface area (Å²) in [7, 11) is -3.00. The molecule has 1 N–H and O–H groups in total. The standard InChI is InChI=1S/C29H23Cl3N2O5S/c1-18-8-13-26(39-2)27(14-18)40(37,38)34(21-10-11-23(31)24(32)16-21)17-28(35)33-25-12-9-20(30)15-22(25)29(36)19-6-4-3-5-7-19/h3-16H,17H2,1-2H3,(H,33,35). The number of carbonyl (C=O) groups excluding carboxylic acids is 2. The molecule has 4 aromatic rings. The molecule has 0 aliphatic carbocycles. The molecule has 40 heavy (non-hydrogen) atoms. The van der Waals surface area contributed by atoms with E-state index < -0.39 is 22.5 Å². The smallest absolute Gasteiger partial charge is 0.268 e. The van der Waals surface area contributed by atoms with Crippen molar-refractivity contribution >= 4 is 67.9 Å². The second-order valence-electron chi connectivity index (χ2n) is 8.70. The van der Waals surface area contributed by atoms with Gasteiger partial charge in [-0.3, -0.25) is 13.9 Å². The van der Waals surface area contributed by atoms with Crippen LogP contribution in [0.3, 0.4) is 0 Å². The third-order valence-corrected chi connectivity index (χ3v) is 8.67. The number of carbonyl (C=O) groups is 2. The molecule has 4 aromatic carbocycles. The highest BCUT2D eigenvalue weighted by molar-refractivity contribution is 7.93. The summed E-state index contributed by atoms with van der Waals surface area (Å²) in [6, 6.07) is 21.9. The van der Waals surface area contributed by atoms with Crippen molar-refractivity contribution in [2.45, 2.75) is 11.8 Å². The summed E-state index contributed by atoms with van der Waals surface area (Å²) in [6.45, 7) is 1.08. The quantitative estimate of drug-likeness (QED) is 0.204. The van der Waals surface area contributed by atoms with Crippen LogP contribution in [-0.2, 0) is 14.8 Å². The van der Waals surface area contributed by atoms with Gasteiger partial charge in [-0.25, -0.2) is 8.42 Å². The van der Waals surface area contributed by atoms with Gasteiger partial charge in [0.15, 0.2) is 5.78 Å². The van der Waals surface area contributed by atoms with Crippen LogP contribution < -0.4 is 14.4 Å². The molecule has 11 heteroatoms. The highest BCUT2D eigenvalue weighted by atomic mass is 35.5. The number of anilines is 2. The van der Waals surface area contributed by atoms with Crippen molar-refractivity contribution in [3.05, 3.63) is 117 Å². The summed E-state index contributed by atoms with van der Waals surface area (Å²) >= 11 is 18.4. The minimum absolute atomic E-state index is 0.101. The van der Waals surface area contributed by atoms with Crippen molar-refractivity contribution in [3.63, 3.8) is 0 Å². The van der Waals surface area contributed by atoms with Crippen LogP contribution in [-0.4, -0.2) is 33.8 Å². The molecule has 206 valence electrons. The molecule has 4 rings (SSSR count). The van der Waals surface area contributed by atoms with Crippen LogP contribution in [0.1, 0.15) is 21.5 Å². The van der Waals surface area contributed by atoms with E-state index in [0.29, 0.717) is 16.1 Å². The molecule has 0 radical (unpaired) electrons. The fraction of sp³-hybridized carbons (Fsp3) is 0.103. The lowest BCUT2D eigenvalue weighted by atomic mass is 10.0. The number of ketones is 1. The number of benzene rings is 4. The number of nitrogens with zero attached hydrogens (tertiary/aromatic N) is 1. The number of rotatable bonds is 9. The van der Waals surface area contributed by atoms with Crippen molar-refractivity contribution in [3.8, 4) is 5.75 Å². The first-order chi connectivity index (χ1) is 19.0. The van der Waals surface area contributed by atoms with Crippen LogP contribution in [0.15, 0.2) is 89.8 Å². The largest absolute Gasteiger partial charge is 0.495 e. The molecule has 0 saturated carbocycles. The van der Waals surface area contributed by atoms with Gasteiger partial charge in [-0.2, -0.15) is 0 Å². The fourth-order valence-electron chi connectivity index (χ4n) is 3.94. The molecule has 0 aliphatic heterocycles. The Morgan fingerprint density at radius 2 is 1.60 bits per heavy atom. The molecule has 0 bridgehead atoms.